The third-order valence-corrected chi connectivity index (χ3v) is 4.86. The Morgan fingerprint density at radius 2 is 2.00 bits per heavy atom. The van der Waals surface area contributed by atoms with Crippen molar-refractivity contribution in [3.05, 3.63) is 53.6 Å². The van der Waals surface area contributed by atoms with Crippen molar-refractivity contribution in [2.45, 2.75) is 31.7 Å². The molecule has 0 unspecified atom stereocenters. The Labute approximate surface area is 144 Å². The second kappa shape index (κ2) is 7.17. The minimum Gasteiger partial charge on any atom is -0.385 e. The third-order valence-electron chi connectivity index (χ3n) is 4.86. The summed E-state index contributed by atoms with van der Waals surface area (Å²) < 4.78 is 40.2. The van der Waals surface area contributed by atoms with Crippen LogP contribution in [0.3, 0.4) is 0 Å². The summed E-state index contributed by atoms with van der Waals surface area (Å²) in [5.41, 5.74) is 0.0583. The van der Waals surface area contributed by atoms with E-state index in [1.54, 1.807) is 18.5 Å². The van der Waals surface area contributed by atoms with Gasteiger partial charge in [0.05, 0.1) is 5.56 Å². The van der Waals surface area contributed by atoms with Gasteiger partial charge >= 0.3 is 6.18 Å². The van der Waals surface area contributed by atoms with Crippen molar-refractivity contribution in [1.82, 2.24) is 14.5 Å². The summed E-state index contributed by atoms with van der Waals surface area (Å²) in [6.07, 6.45) is 0.161. The molecule has 1 N–H and O–H groups in total. The van der Waals surface area contributed by atoms with Crippen molar-refractivity contribution < 1.29 is 18.3 Å². The molecular formula is C18H22F3N3O. The van der Waals surface area contributed by atoms with Gasteiger partial charge in [-0.3, -0.25) is 4.90 Å². The number of halogens is 3. The normalized spacial score (nSPS) is 18.4. The zero-order valence-electron chi connectivity index (χ0n) is 14.1. The average Bonchev–Trinajstić information content (AvgIpc) is 3.00. The molecule has 1 atom stereocenters. The van der Waals surface area contributed by atoms with Crippen LogP contribution >= 0.6 is 0 Å². The highest BCUT2D eigenvalue weighted by Crippen LogP contribution is 2.32. The quantitative estimate of drug-likeness (QED) is 0.916. The Kier molecular flexibility index (Phi) is 5.15. The number of rotatable bonds is 4. The van der Waals surface area contributed by atoms with E-state index < -0.39 is 17.8 Å². The molecule has 2 aromatic rings. The molecule has 0 saturated carbocycles. The molecule has 0 bridgehead atoms. The van der Waals surface area contributed by atoms with E-state index in [4.69, 9.17) is 0 Å². The van der Waals surface area contributed by atoms with Gasteiger partial charge in [-0.1, -0.05) is 18.2 Å². The highest BCUT2D eigenvalue weighted by atomic mass is 19.4. The highest BCUT2D eigenvalue weighted by molar-refractivity contribution is 5.25. The SMILES string of the molecule is Cn1ccnc1[C@@H](O)C1CCN(Cc2cccc(C(F)(F)F)c2)CC1. The number of hydrogen-bond donors (Lipinski definition) is 1. The van der Waals surface area contributed by atoms with Gasteiger partial charge in [0.2, 0.25) is 0 Å². The number of alkyl halides is 3. The Hall–Kier alpha value is -1.86. The average molecular weight is 353 g/mol. The minimum atomic E-state index is -4.31. The summed E-state index contributed by atoms with van der Waals surface area (Å²) in [5.74, 6) is 0.787. The zero-order valence-corrected chi connectivity index (χ0v) is 14.1. The van der Waals surface area contributed by atoms with Crippen molar-refractivity contribution in [3.8, 4) is 0 Å². The summed E-state index contributed by atoms with van der Waals surface area (Å²) in [4.78, 5) is 6.34. The van der Waals surface area contributed by atoms with Crippen LogP contribution in [0, 0.1) is 5.92 Å². The van der Waals surface area contributed by atoms with Crippen LogP contribution in [-0.4, -0.2) is 32.6 Å². The van der Waals surface area contributed by atoms with Crippen LogP contribution in [0.25, 0.3) is 0 Å². The molecule has 7 heteroatoms. The van der Waals surface area contributed by atoms with Crippen LogP contribution in [0.1, 0.15) is 35.9 Å². The molecule has 1 saturated heterocycles. The molecule has 0 aliphatic carbocycles. The van der Waals surface area contributed by atoms with E-state index in [9.17, 15) is 18.3 Å². The van der Waals surface area contributed by atoms with Gasteiger partial charge in [-0.05, 0) is 43.5 Å². The van der Waals surface area contributed by atoms with E-state index in [0.29, 0.717) is 17.9 Å². The molecule has 1 aliphatic rings. The summed E-state index contributed by atoms with van der Waals surface area (Å²) >= 11 is 0. The van der Waals surface area contributed by atoms with Crippen LogP contribution < -0.4 is 0 Å². The van der Waals surface area contributed by atoms with Crippen LogP contribution in [-0.2, 0) is 19.8 Å². The molecule has 25 heavy (non-hydrogen) atoms. The molecule has 1 aliphatic heterocycles. The number of aryl methyl sites for hydroxylation is 1. The molecule has 2 heterocycles. The maximum Gasteiger partial charge on any atom is 0.416 e. The topological polar surface area (TPSA) is 41.3 Å². The van der Waals surface area contributed by atoms with E-state index in [2.05, 4.69) is 9.88 Å². The van der Waals surface area contributed by atoms with Crippen molar-refractivity contribution in [2.75, 3.05) is 13.1 Å². The van der Waals surface area contributed by atoms with E-state index in [1.807, 2.05) is 11.6 Å². The number of imidazole rings is 1. The molecule has 1 aromatic heterocycles. The smallest absolute Gasteiger partial charge is 0.385 e. The number of aliphatic hydroxyl groups is 1. The molecular weight excluding hydrogens is 331 g/mol. The van der Waals surface area contributed by atoms with Gasteiger partial charge in [0.15, 0.2) is 0 Å². The molecule has 4 nitrogen and oxygen atoms in total. The van der Waals surface area contributed by atoms with Crippen molar-refractivity contribution in [3.63, 3.8) is 0 Å². The van der Waals surface area contributed by atoms with E-state index in [1.165, 1.54) is 12.1 Å². The van der Waals surface area contributed by atoms with E-state index in [0.717, 1.165) is 32.0 Å². The fourth-order valence-corrected chi connectivity index (χ4v) is 3.40. The first-order chi connectivity index (χ1) is 11.8. The number of aromatic nitrogens is 2. The predicted molar refractivity (Wildman–Crippen MR) is 87.6 cm³/mol. The predicted octanol–water partition coefficient (Wildman–Crippen LogP) is 3.38. The van der Waals surface area contributed by atoms with Crippen LogP contribution in [0.5, 0.6) is 0 Å². The number of likely N-dealkylation sites (tertiary alicyclic amines) is 1. The Morgan fingerprint density at radius 1 is 1.28 bits per heavy atom. The molecule has 0 spiro atoms. The fourth-order valence-electron chi connectivity index (χ4n) is 3.40. The lowest BCUT2D eigenvalue weighted by molar-refractivity contribution is -0.137. The number of hydrogen-bond acceptors (Lipinski definition) is 3. The maximum absolute atomic E-state index is 12.8. The van der Waals surface area contributed by atoms with Gasteiger partial charge < -0.3 is 9.67 Å². The molecule has 136 valence electrons. The van der Waals surface area contributed by atoms with Gasteiger partial charge in [0.1, 0.15) is 11.9 Å². The lowest BCUT2D eigenvalue weighted by atomic mass is 9.90. The van der Waals surface area contributed by atoms with Gasteiger partial charge in [0, 0.05) is 26.0 Å². The van der Waals surface area contributed by atoms with Crippen molar-refractivity contribution >= 4 is 0 Å². The van der Waals surface area contributed by atoms with Crippen molar-refractivity contribution in [1.29, 1.82) is 0 Å². The summed E-state index contributed by atoms with van der Waals surface area (Å²) in [5, 5.41) is 10.5. The highest BCUT2D eigenvalue weighted by Gasteiger charge is 2.31. The number of piperidine rings is 1. The monoisotopic (exact) mass is 353 g/mol. The molecule has 1 fully saturated rings. The largest absolute Gasteiger partial charge is 0.416 e. The molecule has 3 rings (SSSR count). The molecule has 0 radical (unpaired) electrons. The second-order valence-corrected chi connectivity index (χ2v) is 6.65. The van der Waals surface area contributed by atoms with E-state index >= 15 is 0 Å². The lowest BCUT2D eigenvalue weighted by Crippen LogP contribution is -2.35. The zero-order chi connectivity index (χ0) is 18.0. The van der Waals surface area contributed by atoms with Gasteiger partial charge in [-0.2, -0.15) is 13.2 Å². The van der Waals surface area contributed by atoms with Crippen LogP contribution in [0.2, 0.25) is 0 Å². The fraction of sp³-hybridized carbons (Fsp3) is 0.500. The van der Waals surface area contributed by atoms with Crippen LogP contribution in [0.4, 0.5) is 13.2 Å². The Balaban J connectivity index is 1.57. The third kappa shape index (κ3) is 4.22. The van der Waals surface area contributed by atoms with Gasteiger partial charge in [0.25, 0.3) is 0 Å². The lowest BCUT2D eigenvalue weighted by Gasteiger charge is -2.34. The van der Waals surface area contributed by atoms with Crippen molar-refractivity contribution in [2.24, 2.45) is 13.0 Å². The van der Waals surface area contributed by atoms with Gasteiger partial charge in [-0.15, -0.1) is 0 Å². The summed E-state index contributed by atoms with van der Waals surface area (Å²) in [7, 11) is 1.86. The maximum atomic E-state index is 12.8. The van der Waals surface area contributed by atoms with E-state index in [-0.39, 0.29) is 5.92 Å². The standard InChI is InChI=1S/C18H22F3N3O/c1-23-10-7-22-17(23)16(25)14-5-8-24(9-6-14)12-13-3-2-4-15(11-13)18(19,20)21/h2-4,7,10-11,14,16,25H,5-6,8-9,12H2,1H3/t16-/m0/s1. The summed E-state index contributed by atoms with van der Waals surface area (Å²) in [6, 6.07) is 5.49. The number of aliphatic hydroxyl groups excluding tert-OH is 1. The molecule has 0 amide bonds. The summed E-state index contributed by atoms with van der Waals surface area (Å²) in [6.45, 7) is 2.00. The van der Waals surface area contributed by atoms with Gasteiger partial charge in [-0.25, -0.2) is 4.98 Å². The Morgan fingerprint density at radius 3 is 2.60 bits per heavy atom. The van der Waals surface area contributed by atoms with Crippen LogP contribution in [0.15, 0.2) is 36.7 Å². The Bertz CT molecular complexity index is 706. The second-order valence-electron chi connectivity index (χ2n) is 6.65. The minimum absolute atomic E-state index is 0.124. The molecule has 1 aromatic carbocycles. The number of nitrogens with zero attached hydrogens (tertiary/aromatic N) is 3. The first-order valence-corrected chi connectivity index (χ1v) is 8.38. The number of benzene rings is 1. The first kappa shape index (κ1) is 17.9. The first-order valence-electron chi connectivity index (χ1n) is 8.38.